The maximum atomic E-state index is 13.6. The van der Waals surface area contributed by atoms with Crippen LogP contribution in [0.3, 0.4) is 0 Å². The van der Waals surface area contributed by atoms with Gasteiger partial charge in [-0.2, -0.15) is 0 Å². The topological polar surface area (TPSA) is 82.0 Å². The van der Waals surface area contributed by atoms with Crippen LogP contribution < -0.4 is 5.32 Å². The van der Waals surface area contributed by atoms with Gasteiger partial charge in [0.15, 0.2) is 0 Å². The zero-order valence-electron chi connectivity index (χ0n) is 16.4. The Bertz CT molecular complexity index is 778. The summed E-state index contributed by atoms with van der Waals surface area (Å²) in [5, 5.41) is 12.2. The molecule has 7 heteroatoms. The van der Waals surface area contributed by atoms with Crippen LogP contribution in [0.1, 0.15) is 44.2 Å². The lowest BCUT2D eigenvalue weighted by Crippen LogP contribution is -2.50. The number of carbonyl (C=O) groups excluding carboxylic acids is 1. The number of aliphatic carboxylic acids is 1. The number of hydrogen-bond acceptors (Lipinski definition) is 3. The van der Waals surface area contributed by atoms with Gasteiger partial charge in [0.1, 0.15) is 5.82 Å². The van der Waals surface area contributed by atoms with Crippen molar-refractivity contribution in [2.45, 2.75) is 45.6 Å². The highest BCUT2D eigenvalue weighted by Gasteiger charge is 2.34. The van der Waals surface area contributed by atoms with E-state index in [4.69, 9.17) is 0 Å². The van der Waals surface area contributed by atoms with E-state index in [0.29, 0.717) is 38.9 Å². The van der Waals surface area contributed by atoms with E-state index in [1.165, 1.54) is 6.07 Å². The minimum atomic E-state index is -0.817. The molecule has 0 aromatic heterocycles. The lowest BCUT2D eigenvalue weighted by molar-refractivity contribution is -0.138. The fourth-order valence-electron chi connectivity index (χ4n) is 4.20. The molecule has 1 aromatic rings. The SMILES string of the molecule is CC(C)NC(=O)N1CCC(CC(=O)O)C(CC2=NCCc3cc(F)ccc32)C1. The Labute approximate surface area is 164 Å². The molecule has 0 bridgehead atoms. The molecule has 2 aliphatic heterocycles. The van der Waals surface area contributed by atoms with Crippen molar-refractivity contribution in [1.82, 2.24) is 10.2 Å². The number of piperidine rings is 1. The fourth-order valence-corrected chi connectivity index (χ4v) is 4.20. The monoisotopic (exact) mass is 389 g/mol. The lowest BCUT2D eigenvalue weighted by atomic mass is 9.78. The number of halogens is 1. The van der Waals surface area contributed by atoms with Crippen molar-refractivity contribution in [3.63, 3.8) is 0 Å². The molecule has 1 fully saturated rings. The Hall–Kier alpha value is -2.44. The first kappa shape index (κ1) is 20.3. The number of carbonyl (C=O) groups is 2. The van der Waals surface area contributed by atoms with Crippen molar-refractivity contribution >= 4 is 17.7 Å². The minimum Gasteiger partial charge on any atom is -0.481 e. The summed E-state index contributed by atoms with van der Waals surface area (Å²) in [6, 6.07) is 4.70. The van der Waals surface area contributed by atoms with E-state index < -0.39 is 5.97 Å². The predicted octanol–water partition coefficient (Wildman–Crippen LogP) is 3.09. The quantitative estimate of drug-likeness (QED) is 0.812. The van der Waals surface area contributed by atoms with E-state index in [9.17, 15) is 19.1 Å². The summed E-state index contributed by atoms with van der Waals surface area (Å²) in [4.78, 5) is 30.2. The molecule has 2 amide bonds. The smallest absolute Gasteiger partial charge is 0.317 e. The zero-order chi connectivity index (χ0) is 20.3. The van der Waals surface area contributed by atoms with Gasteiger partial charge in [0.05, 0.1) is 0 Å². The number of aliphatic imine (C=N–C) groups is 1. The second kappa shape index (κ2) is 8.71. The number of likely N-dealkylation sites (tertiary alicyclic amines) is 1. The largest absolute Gasteiger partial charge is 0.481 e. The van der Waals surface area contributed by atoms with Gasteiger partial charge in [-0.05, 0) is 74.3 Å². The van der Waals surface area contributed by atoms with Crippen LogP contribution in [0.5, 0.6) is 0 Å². The molecule has 3 rings (SSSR count). The first-order valence-electron chi connectivity index (χ1n) is 9.93. The summed E-state index contributed by atoms with van der Waals surface area (Å²) < 4.78 is 13.6. The molecule has 6 nitrogen and oxygen atoms in total. The van der Waals surface area contributed by atoms with Gasteiger partial charge in [-0.25, -0.2) is 9.18 Å². The van der Waals surface area contributed by atoms with E-state index in [1.54, 1.807) is 17.0 Å². The number of rotatable bonds is 5. The van der Waals surface area contributed by atoms with Crippen LogP contribution in [0.15, 0.2) is 23.2 Å². The number of carboxylic acids is 1. The van der Waals surface area contributed by atoms with Crippen LogP contribution in [-0.4, -0.2) is 53.4 Å². The third kappa shape index (κ3) is 4.88. The van der Waals surface area contributed by atoms with Gasteiger partial charge in [0.2, 0.25) is 0 Å². The van der Waals surface area contributed by atoms with Gasteiger partial charge in [0.25, 0.3) is 0 Å². The maximum absolute atomic E-state index is 13.6. The van der Waals surface area contributed by atoms with Gasteiger partial charge >= 0.3 is 12.0 Å². The summed E-state index contributed by atoms with van der Waals surface area (Å²) in [7, 11) is 0. The molecule has 2 unspecified atom stereocenters. The van der Waals surface area contributed by atoms with Crippen LogP contribution in [0.4, 0.5) is 9.18 Å². The Morgan fingerprint density at radius 1 is 1.36 bits per heavy atom. The van der Waals surface area contributed by atoms with E-state index in [2.05, 4.69) is 10.3 Å². The summed E-state index contributed by atoms with van der Waals surface area (Å²) in [6.45, 7) is 5.51. The van der Waals surface area contributed by atoms with Crippen LogP contribution >= 0.6 is 0 Å². The minimum absolute atomic E-state index is 0.00544. The molecule has 2 atom stereocenters. The number of carboxylic acid groups (broad SMARTS) is 1. The molecule has 0 saturated carbocycles. The summed E-state index contributed by atoms with van der Waals surface area (Å²) >= 11 is 0. The normalized spacial score (nSPS) is 21.9. The van der Waals surface area contributed by atoms with Crippen molar-refractivity contribution in [1.29, 1.82) is 0 Å². The molecule has 1 aromatic carbocycles. The zero-order valence-corrected chi connectivity index (χ0v) is 16.4. The number of urea groups is 1. The number of nitrogens with zero attached hydrogens (tertiary/aromatic N) is 2. The molecule has 0 radical (unpaired) electrons. The second-order valence-electron chi connectivity index (χ2n) is 8.04. The molecular weight excluding hydrogens is 361 g/mol. The number of benzene rings is 1. The molecule has 2 aliphatic rings. The second-order valence-corrected chi connectivity index (χ2v) is 8.04. The van der Waals surface area contributed by atoms with Crippen molar-refractivity contribution in [3.8, 4) is 0 Å². The Kier molecular flexibility index (Phi) is 6.31. The number of hydrogen-bond donors (Lipinski definition) is 2. The maximum Gasteiger partial charge on any atom is 0.317 e. The molecule has 0 aliphatic carbocycles. The fraction of sp³-hybridized carbons (Fsp3) is 0.571. The van der Waals surface area contributed by atoms with E-state index in [0.717, 1.165) is 16.8 Å². The van der Waals surface area contributed by atoms with Crippen LogP contribution in [-0.2, 0) is 11.2 Å². The molecule has 152 valence electrons. The van der Waals surface area contributed by atoms with Crippen LogP contribution in [0.2, 0.25) is 0 Å². The lowest BCUT2D eigenvalue weighted by Gasteiger charge is -2.39. The standard InChI is InChI=1S/C21H28FN3O3/c1-13(2)24-21(28)25-8-6-14(11-20(26)27)16(12-25)10-19-18-4-3-17(22)9-15(18)5-7-23-19/h3-4,9,13-14,16H,5-8,10-12H2,1-2H3,(H,24,28)(H,26,27). The first-order chi connectivity index (χ1) is 13.3. The highest BCUT2D eigenvalue weighted by atomic mass is 19.1. The molecule has 2 N–H and O–H groups in total. The predicted molar refractivity (Wildman–Crippen MR) is 105 cm³/mol. The Balaban J connectivity index is 1.78. The molecule has 2 heterocycles. The summed E-state index contributed by atoms with van der Waals surface area (Å²) in [5.74, 6) is -1.06. The van der Waals surface area contributed by atoms with Gasteiger partial charge in [-0.1, -0.05) is 0 Å². The van der Waals surface area contributed by atoms with Crippen LogP contribution in [0, 0.1) is 17.7 Å². The van der Waals surface area contributed by atoms with E-state index in [1.807, 2.05) is 13.8 Å². The highest BCUT2D eigenvalue weighted by molar-refractivity contribution is 6.02. The highest BCUT2D eigenvalue weighted by Crippen LogP contribution is 2.32. The van der Waals surface area contributed by atoms with Gasteiger partial charge in [-0.3, -0.25) is 9.79 Å². The molecule has 0 spiro atoms. The van der Waals surface area contributed by atoms with E-state index in [-0.39, 0.29) is 36.1 Å². The first-order valence-corrected chi connectivity index (χ1v) is 9.93. The molecular formula is C21H28FN3O3. The summed E-state index contributed by atoms with van der Waals surface area (Å²) in [6.07, 6.45) is 2.06. The number of fused-ring (bicyclic) bond motifs is 1. The van der Waals surface area contributed by atoms with Gasteiger partial charge in [0, 0.05) is 37.8 Å². The molecule has 1 saturated heterocycles. The average molecular weight is 389 g/mol. The summed E-state index contributed by atoms with van der Waals surface area (Å²) in [5.41, 5.74) is 2.79. The third-order valence-corrected chi connectivity index (χ3v) is 5.55. The Morgan fingerprint density at radius 2 is 2.14 bits per heavy atom. The van der Waals surface area contributed by atoms with Crippen LogP contribution in [0.25, 0.3) is 0 Å². The van der Waals surface area contributed by atoms with Gasteiger partial charge in [-0.15, -0.1) is 0 Å². The average Bonchev–Trinajstić information content (AvgIpc) is 2.62. The number of amides is 2. The van der Waals surface area contributed by atoms with Crippen molar-refractivity contribution < 1.29 is 19.1 Å². The third-order valence-electron chi connectivity index (χ3n) is 5.55. The van der Waals surface area contributed by atoms with Crippen molar-refractivity contribution in [3.05, 3.63) is 35.1 Å². The van der Waals surface area contributed by atoms with E-state index >= 15 is 0 Å². The molecule has 28 heavy (non-hydrogen) atoms. The van der Waals surface area contributed by atoms with Crippen molar-refractivity contribution in [2.75, 3.05) is 19.6 Å². The Morgan fingerprint density at radius 3 is 2.86 bits per heavy atom. The number of nitrogens with one attached hydrogen (secondary N) is 1. The van der Waals surface area contributed by atoms with Gasteiger partial charge < -0.3 is 15.3 Å². The van der Waals surface area contributed by atoms with Crippen molar-refractivity contribution in [2.24, 2.45) is 16.8 Å².